The molecule has 0 unspecified atom stereocenters. The highest BCUT2D eigenvalue weighted by Gasteiger charge is 2.39. The van der Waals surface area contributed by atoms with Crippen LogP contribution < -0.4 is 4.74 Å². The number of hydrogen-bond acceptors (Lipinski definition) is 3. The summed E-state index contributed by atoms with van der Waals surface area (Å²) in [5.41, 5.74) is 6.36. The molecule has 0 aliphatic heterocycles. The average molecular weight is 500 g/mol. The zero-order valence-corrected chi connectivity index (χ0v) is 21.2. The van der Waals surface area contributed by atoms with Crippen molar-refractivity contribution in [2.75, 3.05) is 27.2 Å². The summed E-state index contributed by atoms with van der Waals surface area (Å²) < 4.78 is 5.29. The topological polar surface area (TPSA) is 49.8 Å². The number of rotatable bonds is 9. The van der Waals surface area contributed by atoms with Crippen LogP contribution in [0.25, 0.3) is 11.1 Å². The Kier molecular flexibility index (Phi) is 8.64. The van der Waals surface area contributed by atoms with Crippen LogP contribution in [0.15, 0.2) is 66.7 Å². The first kappa shape index (κ1) is 26.1. The van der Waals surface area contributed by atoms with Gasteiger partial charge in [-0.25, -0.2) is 0 Å². The van der Waals surface area contributed by atoms with Gasteiger partial charge in [-0.2, -0.15) is 0 Å². The molecule has 0 spiro atoms. The van der Waals surface area contributed by atoms with Crippen LogP contribution in [0, 0.1) is 0 Å². The number of carboxylic acids is 1. The molecule has 6 heteroatoms. The molecule has 4 rings (SSSR count). The Morgan fingerprint density at radius 2 is 1.74 bits per heavy atom. The van der Waals surface area contributed by atoms with Crippen LogP contribution in [-0.4, -0.2) is 43.2 Å². The number of aliphatic carboxylic acids is 1. The summed E-state index contributed by atoms with van der Waals surface area (Å²) in [5, 5.41) is 9.81. The van der Waals surface area contributed by atoms with Gasteiger partial charge >= 0.3 is 5.97 Å². The van der Waals surface area contributed by atoms with Gasteiger partial charge in [0.1, 0.15) is 5.75 Å². The Balaban J connectivity index is 0.00000324. The maximum absolute atomic E-state index is 11.0. The maximum atomic E-state index is 11.0. The molecule has 0 amide bonds. The lowest BCUT2D eigenvalue weighted by Gasteiger charge is -2.32. The number of fused-ring (bicyclic) bond motifs is 1. The first-order valence-corrected chi connectivity index (χ1v) is 11.7. The number of carboxylic acid groups (broad SMARTS) is 1. The lowest BCUT2D eigenvalue weighted by atomic mass is 9.72. The van der Waals surface area contributed by atoms with Gasteiger partial charge in [0.15, 0.2) is 0 Å². The van der Waals surface area contributed by atoms with Crippen molar-refractivity contribution in [1.82, 2.24) is 4.90 Å². The molecule has 4 nitrogen and oxygen atoms in total. The Labute approximate surface area is 212 Å². The number of carbonyl (C=O) groups is 1. The van der Waals surface area contributed by atoms with E-state index < -0.39 is 5.97 Å². The molecule has 0 fully saturated rings. The Hall–Kier alpha value is -2.53. The molecular weight excluding hydrogens is 469 g/mol. The van der Waals surface area contributed by atoms with Crippen LogP contribution in [0.2, 0.25) is 5.02 Å². The molecular formula is C28H31Cl2NO3. The van der Waals surface area contributed by atoms with Gasteiger partial charge in [0.2, 0.25) is 0 Å². The smallest absolute Gasteiger partial charge is 0.317 e. The van der Waals surface area contributed by atoms with Crippen molar-refractivity contribution in [3.05, 3.63) is 88.4 Å². The largest absolute Gasteiger partial charge is 0.497 e. The van der Waals surface area contributed by atoms with E-state index in [0.717, 1.165) is 43.0 Å². The minimum atomic E-state index is -0.790. The minimum absolute atomic E-state index is 0. The first-order valence-electron chi connectivity index (χ1n) is 11.4. The van der Waals surface area contributed by atoms with E-state index in [0.29, 0.717) is 0 Å². The minimum Gasteiger partial charge on any atom is -0.497 e. The van der Waals surface area contributed by atoms with Gasteiger partial charge in [0.05, 0.1) is 13.7 Å². The molecule has 1 N–H and O–H groups in total. The summed E-state index contributed by atoms with van der Waals surface area (Å²) in [7, 11) is 3.55. The van der Waals surface area contributed by atoms with E-state index in [4.69, 9.17) is 21.4 Å². The summed E-state index contributed by atoms with van der Waals surface area (Å²) in [6, 6.07) is 23.3. The first-order chi connectivity index (χ1) is 15.9. The van der Waals surface area contributed by atoms with E-state index in [1.165, 1.54) is 27.8 Å². The fourth-order valence-corrected chi connectivity index (χ4v) is 5.27. The van der Waals surface area contributed by atoms with Crippen molar-refractivity contribution in [2.24, 2.45) is 0 Å². The Morgan fingerprint density at radius 1 is 1.06 bits per heavy atom. The van der Waals surface area contributed by atoms with Gasteiger partial charge in [0, 0.05) is 10.4 Å². The molecule has 0 heterocycles. The van der Waals surface area contributed by atoms with Crippen LogP contribution in [-0.2, 0) is 16.6 Å². The molecule has 34 heavy (non-hydrogen) atoms. The van der Waals surface area contributed by atoms with Crippen LogP contribution in [0.4, 0.5) is 0 Å². The van der Waals surface area contributed by atoms with E-state index in [1.54, 1.807) is 7.11 Å². The number of likely N-dealkylation sites (N-methyl/N-ethyl adjacent to an activating group) is 1. The number of benzene rings is 3. The number of hydrogen-bond donors (Lipinski definition) is 1. The number of ether oxygens (including phenoxy) is 1. The molecule has 3 aromatic rings. The molecule has 1 aliphatic carbocycles. The zero-order chi connectivity index (χ0) is 23.4. The van der Waals surface area contributed by atoms with Crippen LogP contribution in [0.1, 0.15) is 36.0 Å². The predicted molar refractivity (Wildman–Crippen MR) is 141 cm³/mol. The fourth-order valence-electron chi connectivity index (χ4n) is 5.15. The van der Waals surface area contributed by atoms with E-state index >= 15 is 0 Å². The SMILES string of the molecule is COc1ccc(-c2ccc3c(c2)CC[C@@]3(CCCN(C)CC(=O)O)c2ccc(Cl)cc2)cc1.Cl. The number of nitrogens with zero attached hydrogens (tertiary/aromatic N) is 1. The molecule has 0 saturated heterocycles. The highest BCUT2D eigenvalue weighted by Crippen LogP contribution is 2.48. The number of methoxy groups -OCH3 is 1. The zero-order valence-electron chi connectivity index (χ0n) is 19.6. The van der Waals surface area contributed by atoms with Crippen molar-refractivity contribution < 1.29 is 14.6 Å². The summed E-state index contributed by atoms with van der Waals surface area (Å²) in [5.74, 6) is 0.0664. The molecule has 0 aromatic heterocycles. The fraction of sp³-hybridized carbons (Fsp3) is 0.321. The summed E-state index contributed by atoms with van der Waals surface area (Å²) in [6.45, 7) is 0.816. The predicted octanol–water partition coefficient (Wildman–Crippen LogP) is 6.47. The molecule has 180 valence electrons. The highest BCUT2D eigenvalue weighted by atomic mass is 35.5. The second kappa shape index (κ2) is 11.3. The normalized spacial score (nSPS) is 16.7. The lowest BCUT2D eigenvalue weighted by molar-refractivity contribution is -0.138. The molecule has 0 saturated carbocycles. The second-order valence-electron chi connectivity index (χ2n) is 8.92. The Morgan fingerprint density at radius 3 is 2.38 bits per heavy atom. The number of aryl methyl sites for hydroxylation is 1. The molecule has 3 aromatic carbocycles. The van der Waals surface area contributed by atoms with Crippen molar-refractivity contribution in [3.8, 4) is 16.9 Å². The van der Waals surface area contributed by atoms with Crippen LogP contribution in [0.5, 0.6) is 5.75 Å². The monoisotopic (exact) mass is 499 g/mol. The summed E-state index contributed by atoms with van der Waals surface area (Å²) >= 11 is 6.20. The molecule has 1 atom stereocenters. The van der Waals surface area contributed by atoms with Crippen molar-refractivity contribution in [3.63, 3.8) is 0 Å². The third-order valence-corrected chi connectivity index (χ3v) is 7.06. The van der Waals surface area contributed by atoms with Crippen LogP contribution >= 0.6 is 24.0 Å². The van der Waals surface area contributed by atoms with Gasteiger partial charge in [-0.3, -0.25) is 9.69 Å². The van der Waals surface area contributed by atoms with E-state index in [1.807, 2.05) is 36.2 Å². The lowest BCUT2D eigenvalue weighted by Crippen LogP contribution is -2.30. The number of halogens is 2. The van der Waals surface area contributed by atoms with Crippen LogP contribution in [0.3, 0.4) is 0 Å². The van der Waals surface area contributed by atoms with E-state index in [9.17, 15) is 4.79 Å². The van der Waals surface area contributed by atoms with E-state index in [2.05, 4.69) is 42.5 Å². The summed E-state index contributed by atoms with van der Waals surface area (Å²) in [6.07, 6.45) is 3.95. The maximum Gasteiger partial charge on any atom is 0.317 e. The summed E-state index contributed by atoms with van der Waals surface area (Å²) in [4.78, 5) is 12.9. The highest BCUT2D eigenvalue weighted by molar-refractivity contribution is 6.30. The third kappa shape index (κ3) is 5.57. The second-order valence-corrected chi connectivity index (χ2v) is 9.36. The molecule has 0 radical (unpaired) electrons. The van der Waals surface area contributed by atoms with Crippen molar-refractivity contribution >= 4 is 30.0 Å². The average Bonchev–Trinajstić information content (AvgIpc) is 3.18. The Bertz CT molecular complexity index is 1120. The van der Waals surface area contributed by atoms with Crippen molar-refractivity contribution in [2.45, 2.75) is 31.1 Å². The van der Waals surface area contributed by atoms with Gasteiger partial charge < -0.3 is 9.84 Å². The standard InChI is InChI=1S/C28H30ClNO3.ClH/c1-30(19-27(31)32)17-3-15-28(23-7-9-24(29)10-8-23)16-14-22-18-21(6-13-26(22)28)20-4-11-25(33-2)12-5-20;/h4-13,18H,3,14-17,19H2,1-2H3,(H,31,32);1H/t28-;/m0./s1. The van der Waals surface area contributed by atoms with E-state index in [-0.39, 0.29) is 24.4 Å². The van der Waals surface area contributed by atoms with Gasteiger partial charge in [0.25, 0.3) is 0 Å². The van der Waals surface area contributed by atoms with Gasteiger partial charge in [-0.1, -0.05) is 54.1 Å². The quantitative estimate of drug-likeness (QED) is 0.366. The van der Waals surface area contributed by atoms with Gasteiger partial charge in [-0.15, -0.1) is 12.4 Å². The molecule has 1 aliphatic rings. The van der Waals surface area contributed by atoms with Gasteiger partial charge in [-0.05, 0) is 91.4 Å². The third-order valence-electron chi connectivity index (χ3n) is 6.81. The molecule has 0 bridgehead atoms. The van der Waals surface area contributed by atoms with Crippen molar-refractivity contribution in [1.29, 1.82) is 0 Å².